The van der Waals surface area contributed by atoms with Gasteiger partial charge in [-0.15, -0.1) is 12.3 Å². The molecule has 2 aromatic rings. The van der Waals surface area contributed by atoms with Crippen molar-refractivity contribution in [2.24, 2.45) is 0 Å². The first-order valence-corrected chi connectivity index (χ1v) is 87.0. The zero-order chi connectivity index (χ0) is 75.4. The van der Waals surface area contributed by atoms with Gasteiger partial charge in [-0.3, -0.25) is 39.4 Å². The molecule has 2 aromatic carbocycles. The molecule has 0 saturated carbocycles. The van der Waals surface area contributed by atoms with Gasteiger partial charge in [0, 0.05) is 493 Å². The van der Waals surface area contributed by atoms with Crippen LogP contribution in [0.2, 0.25) is 0 Å². The van der Waals surface area contributed by atoms with Crippen LogP contribution in [0.15, 0.2) is 40.9 Å². The van der Waals surface area contributed by atoms with E-state index in [1.54, 1.807) is 307 Å². The third-order valence-corrected chi connectivity index (χ3v) is 102. The number of terminal acetylenes is 1. The molecule has 578 valence electrons. The minimum absolute atomic E-state index is 0.147. The van der Waals surface area contributed by atoms with Crippen LogP contribution in [0.5, 0.6) is 0 Å². The summed E-state index contributed by atoms with van der Waals surface area (Å²) in [5.74, 6) is 7.19. The van der Waals surface area contributed by atoms with Crippen LogP contribution >= 0.6 is 15.9 Å². The quantitative estimate of drug-likeness (QED) is 0.193. The van der Waals surface area contributed by atoms with E-state index in [0.717, 1.165) is 46.8 Å². The Bertz CT molecular complexity index is 5580. The van der Waals surface area contributed by atoms with Gasteiger partial charge in [-0.05, 0) is 81.8 Å². The first-order valence-electron chi connectivity index (χ1n) is 26.2. The van der Waals surface area contributed by atoms with E-state index in [9.17, 15) is 33.6 Å². The van der Waals surface area contributed by atoms with Crippen LogP contribution in [-0.4, -0.2) is 75.6 Å². The smallest absolute Gasteiger partial charge is 0.407 e. The molecule has 13 nitrogen and oxygen atoms in total. The SMILES string of the molecule is C#CCCCNC(=O)OC(C)(C)C.CCCCC#Cc1cccc2c1CN(C1CCC(=O)NC1=O)C2=O.O=C1CCC(N2Cc3c(Br)cccc3C2=O)C(=O)N1.S=S=S=S=S=S=S=S=S=S=S=S=S=S=S=S=S=S=S=S=S=S=S.S=S=S=S=S=S=S=S=S=S=S=S=S=S=S=S=S=S=S=S=S=S=S=S. The van der Waals surface area contributed by atoms with Gasteiger partial charge >= 0.3 is 6.09 Å². The topological polar surface area (TPSA) is 171 Å². The molecule has 2 unspecified atom stereocenters. The number of unbranched alkanes of at least 4 members (excludes halogenated alkanes) is 3. The number of benzene rings is 2. The predicted molar refractivity (Wildman–Crippen MR) is 558 cm³/mol. The Hall–Kier alpha value is 4.87. The van der Waals surface area contributed by atoms with Crippen molar-refractivity contribution in [2.45, 2.75) is 116 Å². The number of amides is 7. The van der Waals surface area contributed by atoms with Gasteiger partial charge in [-0.25, -0.2) is 4.79 Å². The van der Waals surface area contributed by atoms with Crippen molar-refractivity contribution in [3.63, 3.8) is 0 Å². The minimum Gasteiger partial charge on any atom is -0.444 e. The second-order valence-corrected chi connectivity index (χ2v) is 94.4. The van der Waals surface area contributed by atoms with Gasteiger partial charge in [0.25, 0.3) is 11.8 Å². The molecular formula is C42H48BrN5O8S47. The standard InChI is InChI=1S/C19H20N2O3.C13H11BrN2O3.C10H17NO2.S24.S23/c1-2-3-4-5-7-13-8-6-9-14-15(13)12-21(19(14)24)16-10-11-17(22)20-18(16)23;14-9-3-1-2-7-8(9)6-16(13(7)19)10-4-5-11(17)15-12(10)18;1-5-6-7-8-11-9(12)13-10(2,3)4;1-3-5-7-9-11-13-15-17-19-21-23-24-22-20-18-16-14-12-10-8-6-4-2;1-3-5-7-9-11-13-15-17-19-21-23-22-20-18-16-14-12-10-8-6-4-2/h6,8-9,16H,2-4,10-12H2,1H3,(H,20,22,23);1-3,10H,4-6H2,(H,15,17,18);1H,6-8H2,2-4H3,(H,11,12);;. The highest BCUT2D eigenvalue weighted by molar-refractivity contribution is 9.10. The number of carbonyl (C=O) groups excluding carboxylic acids is 7. The molecule has 103 heavy (non-hydrogen) atoms. The third kappa shape index (κ3) is 53.0. The van der Waals surface area contributed by atoms with Crippen LogP contribution < -0.4 is 16.0 Å². The fourth-order valence-electron chi connectivity index (χ4n) is 6.81. The summed E-state index contributed by atoms with van der Waals surface area (Å²) in [4.78, 5) is 85.5. The van der Waals surface area contributed by atoms with Crippen LogP contribution in [0.3, 0.4) is 0 Å². The molecule has 0 aromatic heterocycles. The Balaban J connectivity index is 0.000000443. The first kappa shape index (κ1) is 104. The molecule has 2 atom stereocenters. The van der Waals surface area contributed by atoms with E-state index in [-0.39, 0.29) is 54.4 Å². The maximum atomic E-state index is 12.7. The third-order valence-electron chi connectivity index (χ3n) is 10.3. The summed E-state index contributed by atoms with van der Waals surface area (Å²) in [6, 6.07) is 9.82. The first-order chi connectivity index (χ1) is 50.0. The lowest BCUT2D eigenvalue weighted by molar-refractivity contribution is -0.138. The van der Waals surface area contributed by atoms with Crippen LogP contribution in [0, 0.1) is 24.2 Å². The van der Waals surface area contributed by atoms with Crippen molar-refractivity contribution in [3.05, 3.63) is 68.7 Å². The number of carbonyl (C=O) groups is 7. The van der Waals surface area contributed by atoms with Crippen molar-refractivity contribution in [1.29, 1.82) is 0 Å². The van der Waals surface area contributed by atoms with E-state index in [1.807, 2.05) is 101 Å². The van der Waals surface area contributed by atoms with Crippen molar-refractivity contribution >= 4 is 484 Å². The molecule has 6 rings (SSSR count). The number of fused-ring (bicyclic) bond motifs is 2. The van der Waals surface area contributed by atoms with E-state index in [1.165, 1.54) is 40.4 Å². The molecule has 4 aliphatic heterocycles. The monoisotopic (exact) mass is 2330 g/mol. The zero-order valence-electron chi connectivity index (χ0n) is 51.4. The maximum Gasteiger partial charge on any atom is 0.407 e. The molecule has 0 aliphatic carbocycles. The fraction of sp³-hybridized carbons (Fsp3) is 0.452. The normalized spacial score (nSPS) is 13.4. The summed E-state index contributed by atoms with van der Waals surface area (Å²) in [6.07, 6.45) is 10.4. The number of imide groups is 2. The van der Waals surface area contributed by atoms with E-state index < -0.39 is 17.7 Å². The van der Waals surface area contributed by atoms with E-state index >= 15 is 0 Å². The van der Waals surface area contributed by atoms with E-state index in [4.69, 9.17) is 55.9 Å². The molecule has 4 heterocycles. The highest BCUT2D eigenvalue weighted by Crippen LogP contribution is 2.32. The van der Waals surface area contributed by atoms with Gasteiger partial charge in [0.2, 0.25) is 23.6 Å². The lowest BCUT2D eigenvalue weighted by atomic mass is 10.0. The zero-order valence-corrected chi connectivity index (χ0v) is 91.4. The molecule has 0 bridgehead atoms. The van der Waals surface area contributed by atoms with Gasteiger partial charge < -0.3 is 19.9 Å². The number of alkyl carbamates (subject to hydrolysis) is 1. The molecule has 0 radical (unpaired) electrons. The summed E-state index contributed by atoms with van der Waals surface area (Å²) in [6.45, 7) is 8.95. The summed E-state index contributed by atoms with van der Waals surface area (Å²) < 4.78 is 5.88. The number of hydrogen-bond donors (Lipinski definition) is 3. The molecule has 61 heteroatoms. The summed E-state index contributed by atoms with van der Waals surface area (Å²) in [5.41, 5.74) is 3.44. The van der Waals surface area contributed by atoms with Gasteiger partial charge in [-0.1, -0.05) is 53.2 Å². The molecule has 2 fully saturated rings. The number of hydrogen-bond acceptors (Lipinski definition) is 12. The fourth-order valence-corrected chi connectivity index (χ4v) is 114. The van der Waals surface area contributed by atoms with Gasteiger partial charge in [0.1, 0.15) is 17.7 Å². The van der Waals surface area contributed by atoms with E-state index in [2.05, 4.69) is 56.6 Å². The van der Waals surface area contributed by atoms with Crippen LogP contribution in [0.25, 0.3) is 0 Å². The number of halogens is 1. The van der Waals surface area contributed by atoms with Crippen molar-refractivity contribution < 1.29 is 38.3 Å². The van der Waals surface area contributed by atoms with Crippen LogP contribution in [0.4, 0.5) is 4.79 Å². The minimum atomic E-state index is -0.580. The highest BCUT2D eigenvalue weighted by Gasteiger charge is 2.41. The number of nitrogens with one attached hydrogen (secondary N) is 3. The second-order valence-electron chi connectivity index (χ2n) is 17.5. The highest BCUT2D eigenvalue weighted by atomic mass is 79.9. The van der Waals surface area contributed by atoms with Crippen LogP contribution in [0.1, 0.15) is 123 Å². The number of piperidine rings is 2. The molecule has 4 aliphatic rings. The number of ether oxygens (including phenoxy) is 1. The lowest BCUT2D eigenvalue weighted by Crippen LogP contribution is -2.52. The average Bonchev–Trinajstić information content (AvgIpc) is 1.64. The largest absolute Gasteiger partial charge is 0.444 e. The van der Waals surface area contributed by atoms with Crippen molar-refractivity contribution in [2.75, 3.05) is 6.54 Å². The average molecular weight is 2340 g/mol. The molecular weight excluding hydrogens is 2290 g/mol. The van der Waals surface area contributed by atoms with Gasteiger partial charge in [0.05, 0.1) is 0 Å². The Morgan fingerprint density at radius 2 is 0.845 bits per heavy atom. The number of nitrogens with zero attached hydrogens (tertiary/aromatic N) is 2. The Morgan fingerprint density at radius 3 is 1.16 bits per heavy atom. The predicted octanol–water partition coefficient (Wildman–Crippen LogP) is 5.01. The summed E-state index contributed by atoms with van der Waals surface area (Å²) in [5, 5.41) is 7.22. The molecule has 7 amide bonds. The van der Waals surface area contributed by atoms with Crippen molar-refractivity contribution in [1.82, 2.24) is 25.8 Å². The van der Waals surface area contributed by atoms with Gasteiger partial charge in [-0.2, -0.15) is 0 Å². The maximum absolute atomic E-state index is 12.7. The second kappa shape index (κ2) is 71.0. The summed E-state index contributed by atoms with van der Waals surface area (Å²) in [7, 11) is 74.4. The Labute approximate surface area is 748 Å². The molecule has 2 saturated heterocycles. The summed E-state index contributed by atoms with van der Waals surface area (Å²) >= 11 is 22.5. The lowest BCUT2D eigenvalue weighted by Gasteiger charge is -2.29. The van der Waals surface area contributed by atoms with Gasteiger partial charge in [0.15, 0.2) is 0 Å². The molecule has 0 spiro atoms. The van der Waals surface area contributed by atoms with Crippen LogP contribution in [-0.2, 0) is 464 Å². The number of rotatable bonds is 7. The Kier molecular flexibility index (Phi) is 71.7. The Morgan fingerprint density at radius 1 is 0.515 bits per heavy atom. The molecule has 3 N–H and O–H groups in total. The van der Waals surface area contributed by atoms with E-state index in [0.29, 0.717) is 50.0 Å². The van der Waals surface area contributed by atoms with Crippen molar-refractivity contribution in [3.8, 4) is 24.2 Å².